The van der Waals surface area contributed by atoms with Crippen LogP contribution in [0.4, 0.5) is 8.78 Å². The molecule has 4 aromatic heterocycles. The lowest BCUT2D eigenvalue weighted by atomic mass is 9.91. The van der Waals surface area contributed by atoms with Crippen LogP contribution in [0.15, 0.2) is 86.0 Å². The molecule has 1 saturated heterocycles. The minimum atomic E-state index is -3.22. The molecule has 66 heavy (non-hydrogen) atoms. The van der Waals surface area contributed by atoms with Crippen LogP contribution in [-0.2, 0) is 26.4 Å². The SMILES string of the molecule is Cc1cc(-n2nc3c(c2-n2ccn(-c4ccc([S@@](=N)(=O)CC5CC5)cc4F)c2=O)[C@H](C)N(C(=O)c2cc4cc(C5CCOCC5)ccc4n2[C@@]2(c4noc(=O)[nH]4)C[C@@H]2C)CC3)cc(C)c1F. The highest BCUT2D eigenvalue weighted by Gasteiger charge is 2.59. The lowest BCUT2D eigenvalue weighted by Crippen LogP contribution is -2.41. The second kappa shape index (κ2) is 15.3. The number of rotatable bonds is 10. The zero-order valence-electron chi connectivity index (χ0n) is 37.0. The number of benzene rings is 3. The van der Waals surface area contributed by atoms with E-state index in [9.17, 15) is 13.8 Å². The summed E-state index contributed by atoms with van der Waals surface area (Å²) in [6.07, 6.45) is 7.43. The fourth-order valence-corrected chi connectivity index (χ4v) is 12.3. The summed E-state index contributed by atoms with van der Waals surface area (Å²) >= 11 is 0. The number of hydrogen-bond acceptors (Lipinski definition) is 9. The third kappa shape index (κ3) is 6.73. The quantitative estimate of drug-likeness (QED) is 0.141. The normalized spacial score (nSPS) is 21.9. The first-order valence-corrected chi connectivity index (χ1v) is 24.2. The van der Waals surface area contributed by atoms with Crippen LogP contribution < -0.4 is 11.4 Å². The molecule has 0 spiro atoms. The van der Waals surface area contributed by atoms with Gasteiger partial charge in [0.15, 0.2) is 5.82 Å². The van der Waals surface area contributed by atoms with Crippen molar-refractivity contribution in [1.29, 1.82) is 4.78 Å². The summed E-state index contributed by atoms with van der Waals surface area (Å²) in [5.41, 5.74) is 3.21. The molecule has 3 fully saturated rings. The summed E-state index contributed by atoms with van der Waals surface area (Å²) in [4.78, 5) is 47.2. The molecule has 18 heteroatoms. The number of halogens is 2. The number of nitrogens with zero attached hydrogens (tertiary/aromatic N) is 7. The van der Waals surface area contributed by atoms with E-state index in [4.69, 9.17) is 19.1 Å². The van der Waals surface area contributed by atoms with Crippen LogP contribution in [0.25, 0.3) is 28.1 Å². The molecule has 6 heterocycles. The van der Waals surface area contributed by atoms with Crippen LogP contribution in [0.3, 0.4) is 0 Å². The maximum absolute atomic E-state index is 16.0. The van der Waals surface area contributed by atoms with E-state index in [1.165, 1.54) is 29.1 Å². The van der Waals surface area contributed by atoms with E-state index in [0.717, 1.165) is 52.8 Å². The average molecular weight is 918 g/mol. The van der Waals surface area contributed by atoms with Crippen molar-refractivity contribution in [3.63, 3.8) is 0 Å². The number of fused-ring (bicyclic) bond motifs is 2. The highest BCUT2D eigenvalue weighted by Crippen LogP contribution is 2.56. The molecule has 2 saturated carbocycles. The molecular weight excluding hydrogens is 869 g/mol. The Kier molecular flexibility index (Phi) is 9.82. The Morgan fingerprint density at radius 1 is 0.970 bits per heavy atom. The van der Waals surface area contributed by atoms with E-state index in [-0.39, 0.29) is 46.4 Å². The first-order chi connectivity index (χ1) is 31.6. The Labute approximate surface area is 377 Å². The summed E-state index contributed by atoms with van der Waals surface area (Å²) in [5, 5.41) is 10.1. The monoisotopic (exact) mass is 917 g/mol. The molecule has 2 aliphatic heterocycles. The Hall–Kier alpha value is -6.40. The molecule has 2 aliphatic carbocycles. The Balaban J connectivity index is 1.03. The van der Waals surface area contributed by atoms with Gasteiger partial charge in [0.1, 0.15) is 28.7 Å². The largest absolute Gasteiger partial charge is 0.438 e. The molecule has 11 rings (SSSR count). The van der Waals surface area contributed by atoms with Crippen LogP contribution in [0.1, 0.15) is 102 Å². The second-order valence-electron chi connectivity index (χ2n) is 18.7. The number of aromatic nitrogens is 7. The van der Waals surface area contributed by atoms with Gasteiger partial charge in [-0.3, -0.25) is 23.4 Å². The van der Waals surface area contributed by atoms with E-state index >= 15 is 13.6 Å². The molecule has 0 radical (unpaired) electrons. The zero-order chi connectivity index (χ0) is 46.0. The number of amides is 1. The van der Waals surface area contributed by atoms with Gasteiger partial charge >= 0.3 is 11.4 Å². The molecule has 0 bridgehead atoms. The maximum atomic E-state index is 16.0. The molecule has 1 amide bonds. The first-order valence-electron chi connectivity index (χ1n) is 22.5. The van der Waals surface area contributed by atoms with Crippen LogP contribution >= 0.6 is 0 Å². The van der Waals surface area contributed by atoms with Gasteiger partial charge < -0.3 is 14.2 Å². The fraction of sp³-hybridized carbons (Fsp3) is 0.396. The minimum Gasteiger partial charge on any atom is -0.381 e. The van der Waals surface area contributed by atoms with Gasteiger partial charge in [0, 0.05) is 60.8 Å². The van der Waals surface area contributed by atoms with E-state index in [0.29, 0.717) is 77.4 Å². The van der Waals surface area contributed by atoms with Gasteiger partial charge in [-0.2, -0.15) is 5.10 Å². The Bertz CT molecular complexity index is 3350. The van der Waals surface area contributed by atoms with Gasteiger partial charge in [-0.05, 0) is 136 Å². The van der Waals surface area contributed by atoms with Crippen molar-refractivity contribution in [1.82, 2.24) is 38.5 Å². The summed E-state index contributed by atoms with van der Waals surface area (Å²) in [7, 11) is -3.22. The van der Waals surface area contributed by atoms with Crippen molar-refractivity contribution in [3.05, 3.63) is 139 Å². The second-order valence-corrected chi connectivity index (χ2v) is 20.8. The smallest absolute Gasteiger partial charge is 0.381 e. The molecule has 3 aromatic carbocycles. The van der Waals surface area contributed by atoms with Gasteiger partial charge in [0.2, 0.25) is 0 Å². The standard InChI is InChI=1S/C48H49F2N9O6S/c1-26-19-34(20-27(2)42(26)50)59-43(57-16-15-56(47(57)62)39-10-8-35(23-36(39)49)66(51,63)25-30-5-6-30)41-29(4)55(14-11-37(41)53-59)44(60)40-22-33-21-32(31-12-17-64-18-13-31)7-9-38(33)58(40)48(24-28(48)3)45-52-46(61)65-54-45/h7-10,15-16,19-23,28-31,51H,5-6,11-14,17-18,24-25H2,1-4H3,(H,52,54,61)/t28-,29-,48-,66-/m0/s1. The van der Waals surface area contributed by atoms with Crippen LogP contribution in [0.2, 0.25) is 0 Å². The molecule has 15 nitrogen and oxygen atoms in total. The number of aromatic amines is 1. The zero-order valence-corrected chi connectivity index (χ0v) is 37.8. The maximum Gasteiger partial charge on any atom is 0.438 e. The van der Waals surface area contributed by atoms with Gasteiger partial charge in [-0.1, -0.05) is 18.1 Å². The van der Waals surface area contributed by atoms with Crippen molar-refractivity contribution in [2.45, 2.75) is 88.6 Å². The van der Waals surface area contributed by atoms with Gasteiger partial charge in [0.25, 0.3) is 5.91 Å². The number of nitrogens with one attached hydrogen (secondary N) is 2. The summed E-state index contributed by atoms with van der Waals surface area (Å²) in [5.74, 6) is -0.850. The first kappa shape index (κ1) is 42.2. The molecule has 4 aliphatic rings. The van der Waals surface area contributed by atoms with E-state index in [2.05, 4.69) is 22.3 Å². The third-order valence-electron chi connectivity index (χ3n) is 14.4. The summed E-state index contributed by atoms with van der Waals surface area (Å²) < 4.78 is 69.6. The van der Waals surface area contributed by atoms with Crippen molar-refractivity contribution in [2.24, 2.45) is 11.8 Å². The van der Waals surface area contributed by atoms with E-state index in [1.807, 2.05) is 30.5 Å². The molecule has 7 aromatic rings. The van der Waals surface area contributed by atoms with Gasteiger partial charge in [-0.25, -0.2) is 32.0 Å². The van der Waals surface area contributed by atoms with E-state index < -0.39 is 38.6 Å². The van der Waals surface area contributed by atoms with Crippen molar-refractivity contribution < 1.29 is 27.0 Å². The minimum absolute atomic E-state index is 0.0100. The predicted molar refractivity (Wildman–Crippen MR) is 240 cm³/mol. The predicted octanol–water partition coefficient (Wildman–Crippen LogP) is 7.59. The number of carbonyl (C=O) groups is 1. The van der Waals surface area contributed by atoms with Gasteiger partial charge in [0.05, 0.1) is 37.7 Å². The number of imidazole rings is 1. The van der Waals surface area contributed by atoms with Gasteiger partial charge in [-0.15, -0.1) is 0 Å². The fourth-order valence-electron chi connectivity index (χ4n) is 10.5. The van der Waals surface area contributed by atoms with Crippen LogP contribution in [-0.4, -0.2) is 74.1 Å². The Morgan fingerprint density at radius 2 is 1.70 bits per heavy atom. The molecule has 342 valence electrons. The molecule has 0 unspecified atom stereocenters. The number of aryl methyl sites for hydroxylation is 2. The summed E-state index contributed by atoms with van der Waals surface area (Å²) in [6, 6.07) is 14.7. The van der Waals surface area contributed by atoms with Crippen molar-refractivity contribution in [3.8, 4) is 17.2 Å². The molecular formula is C48H49F2N9O6S. The van der Waals surface area contributed by atoms with Crippen molar-refractivity contribution in [2.75, 3.05) is 25.5 Å². The number of hydrogen-bond donors (Lipinski definition) is 2. The third-order valence-corrected chi connectivity index (χ3v) is 16.3. The highest BCUT2D eigenvalue weighted by molar-refractivity contribution is 7.92. The van der Waals surface area contributed by atoms with E-state index in [1.54, 1.807) is 35.6 Å². The number of carbonyl (C=O) groups excluding carboxylic acids is 1. The summed E-state index contributed by atoms with van der Waals surface area (Å²) in [6.45, 7) is 8.87. The highest BCUT2D eigenvalue weighted by atomic mass is 32.2. The lowest BCUT2D eigenvalue weighted by molar-refractivity contribution is 0.0663. The van der Waals surface area contributed by atoms with Crippen LogP contribution in [0, 0.1) is 42.1 Å². The molecule has 2 N–H and O–H groups in total. The number of H-pyrrole nitrogens is 1. The van der Waals surface area contributed by atoms with Crippen LogP contribution in [0.5, 0.6) is 0 Å². The molecule has 4 atom stereocenters. The lowest BCUT2D eigenvalue weighted by Gasteiger charge is -2.34. The average Bonchev–Trinajstić information content (AvgIpc) is 3.94. The Morgan fingerprint density at radius 3 is 2.36 bits per heavy atom. The topological polar surface area (TPSA) is 179 Å². The van der Waals surface area contributed by atoms with Crippen molar-refractivity contribution >= 4 is 26.5 Å². The number of ether oxygens (including phenoxy) is 1.